The zero-order valence-electron chi connectivity index (χ0n) is 25.9. The second-order valence-electron chi connectivity index (χ2n) is 12.7. The van der Waals surface area contributed by atoms with Gasteiger partial charge in [0.25, 0.3) is 10.1 Å². The minimum Gasteiger partial charge on any atom is -0.368 e. The van der Waals surface area contributed by atoms with Crippen LogP contribution in [0.25, 0.3) is 32.9 Å². The number of fused-ring (bicyclic) bond motifs is 4. The molecule has 244 valence electrons. The summed E-state index contributed by atoms with van der Waals surface area (Å²) in [5, 5.41) is 5.19. The first-order chi connectivity index (χ1) is 23.1. The van der Waals surface area contributed by atoms with E-state index in [4.69, 9.17) is 16.4 Å². The number of pyridine rings is 1. The van der Waals surface area contributed by atoms with Gasteiger partial charge in [0.2, 0.25) is 5.95 Å². The Kier molecular flexibility index (Phi) is 7.21. The molecule has 48 heavy (non-hydrogen) atoms. The van der Waals surface area contributed by atoms with E-state index in [1.807, 2.05) is 16.8 Å². The predicted molar refractivity (Wildman–Crippen MR) is 181 cm³/mol. The second-order valence-corrected chi connectivity index (χ2v) is 14.1. The summed E-state index contributed by atoms with van der Waals surface area (Å²) in [5.74, 6) is 2.19. The lowest BCUT2D eigenvalue weighted by Gasteiger charge is -2.45. The van der Waals surface area contributed by atoms with Gasteiger partial charge in [-0.3, -0.25) is 9.54 Å². The van der Waals surface area contributed by atoms with E-state index in [9.17, 15) is 17.4 Å². The van der Waals surface area contributed by atoms with E-state index in [-0.39, 0.29) is 27.7 Å². The minimum absolute atomic E-state index is 0.0196. The molecule has 2 unspecified atom stereocenters. The zero-order valence-corrected chi connectivity index (χ0v) is 26.8. The molecule has 5 heterocycles. The lowest BCUT2D eigenvalue weighted by molar-refractivity contribution is 0.462. The zero-order chi connectivity index (χ0) is 33.3. The largest absolute Gasteiger partial charge is 0.368 e. The average molecular weight is 668 g/mol. The SMILES string of the molecule is C#Cc1c(F)ccc2cccc(-c3ncc4c(N5CC6CCC(C5)N6)nc(N5CC(N(C)c6cccc(S(=O)(=O)O)c6)C5)nc4c3F)c12. The molecule has 2 aromatic heterocycles. The quantitative estimate of drug-likeness (QED) is 0.197. The smallest absolute Gasteiger partial charge is 0.294 e. The first-order valence-corrected chi connectivity index (χ1v) is 17.1. The summed E-state index contributed by atoms with van der Waals surface area (Å²) in [7, 11) is -2.50. The Hall–Kier alpha value is -4.90. The number of anilines is 3. The molecule has 2 N–H and O–H groups in total. The summed E-state index contributed by atoms with van der Waals surface area (Å²) in [6, 6.07) is 14.9. The number of likely N-dealkylation sites (N-methyl/N-ethyl adjacent to an activating group) is 1. The predicted octanol–water partition coefficient (Wildman–Crippen LogP) is 4.62. The van der Waals surface area contributed by atoms with Gasteiger partial charge in [0.15, 0.2) is 5.82 Å². The number of nitrogens with zero attached hydrogens (tertiary/aromatic N) is 6. The Bertz CT molecular complexity index is 2260. The third kappa shape index (κ3) is 5.08. The van der Waals surface area contributed by atoms with Crippen molar-refractivity contribution in [2.75, 3.05) is 47.9 Å². The van der Waals surface area contributed by atoms with Gasteiger partial charge < -0.3 is 20.0 Å². The summed E-state index contributed by atoms with van der Waals surface area (Å²) in [4.78, 5) is 20.2. The van der Waals surface area contributed by atoms with E-state index in [1.54, 1.807) is 42.6 Å². The highest BCUT2D eigenvalue weighted by atomic mass is 32.2. The molecule has 3 aliphatic rings. The van der Waals surface area contributed by atoms with Crippen molar-refractivity contribution < 1.29 is 21.8 Å². The maximum atomic E-state index is 16.8. The molecule has 0 aliphatic carbocycles. The van der Waals surface area contributed by atoms with Gasteiger partial charge in [-0.1, -0.05) is 36.3 Å². The highest BCUT2D eigenvalue weighted by molar-refractivity contribution is 7.85. The second kappa shape index (κ2) is 11.4. The van der Waals surface area contributed by atoms with Crippen LogP contribution in [0.2, 0.25) is 0 Å². The van der Waals surface area contributed by atoms with Crippen molar-refractivity contribution in [2.45, 2.75) is 35.9 Å². The molecule has 3 saturated heterocycles. The number of piperazine rings is 1. The van der Waals surface area contributed by atoms with E-state index in [2.05, 4.69) is 21.1 Å². The first-order valence-electron chi connectivity index (χ1n) is 15.7. The monoisotopic (exact) mass is 667 g/mol. The van der Waals surface area contributed by atoms with Crippen molar-refractivity contribution >= 4 is 49.2 Å². The van der Waals surface area contributed by atoms with E-state index in [0.29, 0.717) is 64.3 Å². The van der Waals surface area contributed by atoms with Gasteiger partial charge in [-0.2, -0.15) is 13.4 Å². The molecular weight excluding hydrogens is 636 g/mol. The summed E-state index contributed by atoms with van der Waals surface area (Å²) < 4.78 is 64.6. The third-order valence-corrected chi connectivity index (χ3v) is 10.6. The highest BCUT2D eigenvalue weighted by Gasteiger charge is 2.37. The molecule has 0 radical (unpaired) electrons. The van der Waals surface area contributed by atoms with Gasteiger partial charge >= 0.3 is 0 Å². The molecule has 5 aromatic rings. The summed E-state index contributed by atoms with van der Waals surface area (Å²) in [6.45, 7) is 2.43. The topological polar surface area (TPSA) is 115 Å². The Morgan fingerprint density at radius 3 is 2.48 bits per heavy atom. The fourth-order valence-corrected chi connectivity index (χ4v) is 7.72. The molecule has 0 amide bonds. The van der Waals surface area contributed by atoms with Gasteiger partial charge in [0.1, 0.15) is 22.8 Å². The van der Waals surface area contributed by atoms with E-state index >= 15 is 4.39 Å². The molecule has 8 rings (SSSR count). The van der Waals surface area contributed by atoms with Crippen LogP contribution in [-0.4, -0.2) is 79.3 Å². The van der Waals surface area contributed by atoms with Crippen LogP contribution >= 0.6 is 0 Å². The van der Waals surface area contributed by atoms with Crippen molar-refractivity contribution in [2.24, 2.45) is 0 Å². The van der Waals surface area contributed by atoms with Crippen LogP contribution in [0.4, 0.5) is 26.2 Å². The van der Waals surface area contributed by atoms with Gasteiger partial charge in [0, 0.05) is 68.1 Å². The molecule has 13 heteroatoms. The number of terminal acetylenes is 1. The molecule has 3 fully saturated rings. The van der Waals surface area contributed by atoms with Gasteiger partial charge in [-0.15, -0.1) is 6.42 Å². The van der Waals surface area contributed by atoms with Crippen LogP contribution in [0.1, 0.15) is 18.4 Å². The van der Waals surface area contributed by atoms with Crippen molar-refractivity contribution in [3.63, 3.8) is 0 Å². The lowest BCUT2D eigenvalue weighted by atomic mass is 9.96. The normalized spacial score (nSPS) is 19.5. The van der Waals surface area contributed by atoms with E-state index in [0.717, 1.165) is 25.9 Å². The molecule has 3 aromatic carbocycles. The molecule has 2 atom stereocenters. The Morgan fingerprint density at radius 2 is 1.75 bits per heavy atom. The Balaban J connectivity index is 1.20. The maximum absolute atomic E-state index is 16.8. The molecule has 3 aliphatic heterocycles. The number of halogens is 2. The standard InChI is InChI=1S/C35H31F2N7O3S/c1-3-26-29(36)13-10-20-6-4-9-27(30(20)26)32-31(37)33-28(15-38-32)34(43-16-21-11-12-22(17-43)39-21)41-35(40-33)44-18-24(19-44)42(2)23-7-5-8-25(14-23)48(45,46)47/h1,4-10,13-15,21-22,24,39H,11-12,16-19H2,2H3,(H,45,46,47). The molecule has 2 bridgehead atoms. The molecule has 10 nitrogen and oxygen atoms in total. The Morgan fingerprint density at radius 1 is 1.00 bits per heavy atom. The number of benzene rings is 3. The van der Waals surface area contributed by atoms with Crippen molar-refractivity contribution in [1.29, 1.82) is 0 Å². The number of hydrogen-bond donors (Lipinski definition) is 2. The van der Waals surface area contributed by atoms with Crippen molar-refractivity contribution in [3.8, 4) is 23.6 Å². The number of nitrogens with one attached hydrogen (secondary N) is 1. The van der Waals surface area contributed by atoms with Gasteiger partial charge in [-0.05, 0) is 42.5 Å². The fourth-order valence-electron chi connectivity index (χ4n) is 7.20. The number of hydrogen-bond acceptors (Lipinski definition) is 9. The van der Waals surface area contributed by atoms with Crippen LogP contribution in [-0.2, 0) is 10.1 Å². The van der Waals surface area contributed by atoms with Crippen LogP contribution in [0.15, 0.2) is 65.7 Å². The minimum atomic E-state index is -4.35. The molecule has 0 spiro atoms. The van der Waals surface area contributed by atoms with Crippen LogP contribution in [0, 0.1) is 24.0 Å². The highest BCUT2D eigenvalue weighted by Crippen LogP contribution is 2.38. The van der Waals surface area contributed by atoms with Crippen LogP contribution < -0.4 is 20.0 Å². The number of aromatic nitrogens is 3. The lowest BCUT2D eigenvalue weighted by Crippen LogP contribution is -2.59. The average Bonchev–Trinajstić information content (AvgIpc) is 3.40. The Labute approximate surface area is 276 Å². The summed E-state index contributed by atoms with van der Waals surface area (Å²) in [5.41, 5.74) is 1.18. The number of rotatable bonds is 6. The van der Waals surface area contributed by atoms with Crippen LogP contribution in [0.5, 0.6) is 0 Å². The fraction of sp³-hybridized carbons (Fsp3) is 0.286. The molecule has 0 saturated carbocycles. The molecular formula is C35H31F2N7O3S. The van der Waals surface area contributed by atoms with Crippen LogP contribution in [0.3, 0.4) is 0 Å². The van der Waals surface area contributed by atoms with Gasteiger partial charge in [0.05, 0.1) is 21.9 Å². The maximum Gasteiger partial charge on any atom is 0.294 e. The van der Waals surface area contributed by atoms with E-state index < -0.39 is 21.8 Å². The third-order valence-electron chi connectivity index (χ3n) is 9.78. The van der Waals surface area contributed by atoms with Crippen molar-refractivity contribution in [1.82, 2.24) is 20.3 Å². The van der Waals surface area contributed by atoms with Crippen molar-refractivity contribution in [3.05, 3.63) is 78.0 Å². The summed E-state index contributed by atoms with van der Waals surface area (Å²) in [6.07, 6.45) is 9.42. The van der Waals surface area contributed by atoms with E-state index in [1.165, 1.54) is 18.2 Å². The first kappa shape index (κ1) is 30.4. The summed E-state index contributed by atoms with van der Waals surface area (Å²) >= 11 is 0. The van der Waals surface area contributed by atoms with Gasteiger partial charge in [-0.25, -0.2) is 13.8 Å².